The van der Waals surface area contributed by atoms with Gasteiger partial charge in [0.05, 0.1) is 5.56 Å². The third-order valence-corrected chi connectivity index (χ3v) is 4.14. The van der Waals surface area contributed by atoms with E-state index in [1.165, 1.54) is 0 Å². The first-order valence-electron chi connectivity index (χ1n) is 7.36. The van der Waals surface area contributed by atoms with E-state index in [-0.39, 0.29) is 18.6 Å². The van der Waals surface area contributed by atoms with Crippen LogP contribution in [0.15, 0.2) is 46.9 Å². The Morgan fingerprint density at radius 3 is 2.46 bits per heavy atom. The zero-order chi connectivity index (χ0) is 16.9. The molecular formula is C17H15BrN2O4. The van der Waals surface area contributed by atoms with E-state index in [9.17, 15) is 9.59 Å². The third kappa shape index (κ3) is 3.68. The Labute approximate surface area is 147 Å². The second kappa shape index (κ2) is 7.35. The van der Waals surface area contributed by atoms with Crippen molar-refractivity contribution in [1.82, 2.24) is 10.6 Å². The molecule has 0 saturated carbocycles. The average Bonchev–Trinajstić information content (AvgIpc) is 3.06. The van der Waals surface area contributed by atoms with Gasteiger partial charge in [0, 0.05) is 23.1 Å². The number of rotatable bonds is 5. The van der Waals surface area contributed by atoms with Crippen molar-refractivity contribution < 1.29 is 19.1 Å². The summed E-state index contributed by atoms with van der Waals surface area (Å²) in [6, 6.07) is 12.2. The van der Waals surface area contributed by atoms with Crippen LogP contribution < -0.4 is 20.1 Å². The highest BCUT2D eigenvalue weighted by Gasteiger charge is 2.16. The van der Waals surface area contributed by atoms with E-state index in [4.69, 9.17) is 9.47 Å². The standard InChI is InChI=1S/C17H15BrN2O4/c18-13-4-2-1-3-12(13)17(22)20-8-7-19-16(21)11-5-6-14-15(9-11)24-10-23-14/h1-6,9H,7-8,10H2,(H,19,21)(H,20,22). The highest BCUT2D eigenvalue weighted by atomic mass is 79.9. The molecule has 7 heteroatoms. The maximum atomic E-state index is 12.1. The van der Waals surface area contributed by atoms with Crippen LogP contribution in [0.5, 0.6) is 11.5 Å². The molecule has 0 aromatic heterocycles. The maximum absolute atomic E-state index is 12.1. The first kappa shape index (κ1) is 16.3. The Hall–Kier alpha value is -2.54. The van der Waals surface area contributed by atoms with Gasteiger partial charge in [0.2, 0.25) is 6.79 Å². The lowest BCUT2D eigenvalue weighted by molar-refractivity contribution is 0.0927. The summed E-state index contributed by atoms with van der Waals surface area (Å²) in [5.41, 5.74) is 1.04. The molecule has 2 aromatic carbocycles. The van der Waals surface area contributed by atoms with Gasteiger partial charge in [-0.1, -0.05) is 12.1 Å². The van der Waals surface area contributed by atoms with Crippen molar-refractivity contribution in [2.24, 2.45) is 0 Å². The van der Waals surface area contributed by atoms with Crippen LogP contribution in [0.4, 0.5) is 0 Å². The fraction of sp³-hybridized carbons (Fsp3) is 0.176. The molecule has 124 valence electrons. The van der Waals surface area contributed by atoms with Crippen LogP contribution in [0, 0.1) is 0 Å². The lowest BCUT2D eigenvalue weighted by Gasteiger charge is -2.08. The molecule has 3 rings (SSSR count). The second-order valence-electron chi connectivity index (χ2n) is 5.06. The number of carbonyl (C=O) groups excluding carboxylic acids is 2. The van der Waals surface area contributed by atoms with Crippen molar-refractivity contribution in [3.05, 3.63) is 58.1 Å². The molecule has 0 atom stereocenters. The zero-order valence-electron chi connectivity index (χ0n) is 12.7. The Morgan fingerprint density at radius 2 is 1.67 bits per heavy atom. The summed E-state index contributed by atoms with van der Waals surface area (Å²) in [5.74, 6) is 0.764. The minimum Gasteiger partial charge on any atom is -0.454 e. The molecule has 0 radical (unpaired) electrons. The van der Waals surface area contributed by atoms with Gasteiger partial charge >= 0.3 is 0 Å². The smallest absolute Gasteiger partial charge is 0.252 e. The van der Waals surface area contributed by atoms with Gasteiger partial charge in [-0.3, -0.25) is 9.59 Å². The monoisotopic (exact) mass is 390 g/mol. The van der Waals surface area contributed by atoms with Crippen LogP contribution in [0.3, 0.4) is 0 Å². The number of carbonyl (C=O) groups is 2. The number of hydrogen-bond donors (Lipinski definition) is 2. The molecule has 1 heterocycles. The van der Waals surface area contributed by atoms with Crippen molar-refractivity contribution in [1.29, 1.82) is 0 Å². The van der Waals surface area contributed by atoms with E-state index in [1.807, 2.05) is 6.07 Å². The molecule has 0 spiro atoms. The number of hydrogen-bond acceptors (Lipinski definition) is 4. The first-order chi connectivity index (χ1) is 11.6. The Kier molecular flexibility index (Phi) is 5.00. The Bertz CT molecular complexity index is 779. The predicted octanol–water partition coefficient (Wildman–Crippen LogP) is 2.34. The van der Waals surface area contributed by atoms with Crippen LogP contribution in [-0.2, 0) is 0 Å². The molecule has 2 amide bonds. The summed E-state index contributed by atoms with van der Waals surface area (Å²) in [6.07, 6.45) is 0. The number of halogens is 1. The molecule has 6 nitrogen and oxygen atoms in total. The lowest BCUT2D eigenvalue weighted by Crippen LogP contribution is -2.34. The molecule has 2 aromatic rings. The van der Waals surface area contributed by atoms with E-state index in [2.05, 4.69) is 26.6 Å². The molecule has 0 fully saturated rings. The molecule has 0 saturated heterocycles. The maximum Gasteiger partial charge on any atom is 0.252 e. The van der Waals surface area contributed by atoms with Crippen LogP contribution in [0.25, 0.3) is 0 Å². The van der Waals surface area contributed by atoms with Crippen LogP contribution in [-0.4, -0.2) is 31.7 Å². The predicted molar refractivity (Wildman–Crippen MR) is 91.4 cm³/mol. The van der Waals surface area contributed by atoms with E-state index in [1.54, 1.807) is 36.4 Å². The minimum absolute atomic E-state index is 0.168. The normalized spacial score (nSPS) is 11.9. The summed E-state index contributed by atoms with van der Waals surface area (Å²) in [4.78, 5) is 24.1. The summed E-state index contributed by atoms with van der Waals surface area (Å²) >= 11 is 3.33. The molecule has 1 aliphatic heterocycles. The Balaban J connectivity index is 1.47. The number of amides is 2. The van der Waals surface area contributed by atoms with E-state index < -0.39 is 0 Å². The van der Waals surface area contributed by atoms with Crippen molar-refractivity contribution in [2.75, 3.05) is 19.9 Å². The fourth-order valence-electron chi connectivity index (χ4n) is 2.23. The molecule has 1 aliphatic rings. The largest absolute Gasteiger partial charge is 0.454 e. The number of fused-ring (bicyclic) bond motifs is 1. The highest BCUT2D eigenvalue weighted by molar-refractivity contribution is 9.10. The summed E-state index contributed by atoms with van der Waals surface area (Å²) in [7, 11) is 0. The van der Waals surface area contributed by atoms with Gasteiger partial charge in [-0.2, -0.15) is 0 Å². The zero-order valence-corrected chi connectivity index (χ0v) is 14.3. The number of nitrogens with one attached hydrogen (secondary N) is 2. The van der Waals surface area contributed by atoms with Crippen molar-refractivity contribution in [3.63, 3.8) is 0 Å². The van der Waals surface area contributed by atoms with Gasteiger partial charge in [0.1, 0.15) is 0 Å². The van der Waals surface area contributed by atoms with E-state index in [0.717, 1.165) is 4.47 Å². The van der Waals surface area contributed by atoms with Crippen LogP contribution >= 0.6 is 15.9 Å². The molecule has 0 aliphatic carbocycles. The van der Waals surface area contributed by atoms with Crippen LogP contribution in [0.1, 0.15) is 20.7 Å². The summed E-state index contributed by atoms with van der Waals surface area (Å²) in [6.45, 7) is 0.821. The third-order valence-electron chi connectivity index (χ3n) is 3.45. The molecule has 24 heavy (non-hydrogen) atoms. The molecular weight excluding hydrogens is 376 g/mol. The van der Waals surface area contributed by atoms with Gasteiger partial charge in [-0.25, -0.2) is 0 Å². The highest BCUT2D eigenvalue weighted by Crippen LogP contribution is 2.32. The van der Waals surface area contributed by atoms with Gasteiger partial charge in [0.25, 0.3) is 11.8 Å². The number of benzene rings is 2. The van der Waals surface area contributed by atoms with Crippen LogP contribution in [0.2, 0.25) is 0 Å². The van der Waals surface area contributed by atoms with Gasteiger partial charge < -0.3 is 20.1 Å². The molecule has 2 N–H and O–H groups in total. The Morgan fingerprint density at radius 1 is 0.958 bits per heavy atom. The average molecular weight is 391 g/mol. The number of ether oxygens (including phenoxy) is 2. The van der Waals surface area contributed by atoms with Crippen molar-refractivity contribution >= 4 is 27.7 Å². The van der Waals surface area contributed by atoms with Crippen molar-refractivity contribution in [2.45, 2.75) is 0 Å². The van der Waals surface area contributed by atoms with Crippen molar-refractivity contribution in [3.8, 4) is 11.5 Å². The quantitative estimate of drug-likeness (QED) is 0.768. The second-order valence-corrected chi connectivity index (χ2v) is 5.91. The molecule has 0 bridgehead atoms. The van der Waals surface area contributed by atoms with E-state index in [0.29, 0.717) is 35.7 Å². The first-order valence-corrected chi connectivity index (χ1v) is 8.15. The topological polar surface area (TPSA) is 76.7 Å². The van der Waals surface area contributed by atoms with Gasteiger partial charge in [0.15, 0.2) is 11.5 Å². The molecule has 0 unspecified atom stereocenters. The van der Waals surface area contributed by atoms with E-state index >= 15 is 0 Å². The SMILES string of the molecule is O=C(NCCNC(=O)c1ccccc1Br)c1ccc2c(c1)OCO2. The lowest BCUT2D eigenvalue weighted by atomic mass is 10.2. The minimum atomic E-state index is -0.233. The summed E-state index contributed by atoms with van der Waals surface area (Å²) in [5, 5.41) is 5.51. The summed E-state index contributed by atoms with van der Waals surface area (Å²) < 4.78 is 11.2. The van der Waals surface area contributed by atoms with Gasteiger partial charge in [-0.15, -0.1) is 0 Å². The fourth-order valence-corrected chi connectivity index (χ4v) is 2.70. The van der Waals surface area contributed by atoms with Gasteiger partial charge in [-0.05, 0) is 46.3 Å².